The number of likely N-dealkylation sites (tertiary alicyclic amines) is 1. The van der Waals surface area contributed by atoms with Crippen LogP contribution >= 0.6 is 15.9 Å². The Balaban J connectivity index is 1.76. The van der Waals surface area contributed by atoms with Crippen molar-refractivity contribution in [3.63, 3.8) is 0 Å². The van der Waals surface area contributed by atoms with Gasteiger partial charge in [-0.15, -0.1) is 0 Å². The molecule has 0 N–H and O–H groups in total. The van der Waals surface area contributed by atoms with E-state index in [1.165, 1.54) is 0 Å². The zero-order valence-corrected chi connectivity index (χ0v) is 16.1. The monoisotopic (exact) mass is 404 g/mol. The Hall–Kier alpha value is -1.92. The summed E-state index contributed by atoms with van der Waals surface area (Å²) in [7, 11) is 1.64. The number of benzene rings is 1. The SMILES string of the molecule is CO[C@@H]1CN(C(=O)c2cc(C)ccc2C)C[C@H]1Oc1cncc(Br)c1. The number of halogens is 1. The molecule has 0 unspecified atom stereocenters. The molecule has 1 aliphatic rings. The number of aryl methyl sites for hydroxylation is 2. The molecule has 0 bridgehead atoms. The van der Waals surface area contributed by atoms with Crippen molar-refractivity contribution in [2.45, 2.75) is 26.1 Å². The fourth-order valence-electron chi connectivity index (χ4n) is 3.02. The summed E-state index contributed by atoms with van der Waals surface area (Å²) < 4.78 is 12.4. The Kier molecular flexibility index (Phi) is 5.39. The third-order valence-electron chi connectivity index (χ3n) is 4.40. The van der Waals surface area contributed by atoms with Gasteiger partial charge in [-0.3, -0.25) is 9.78 Å². The van der Waals surface area contributed by atoms with Gasteiger partial charge in [-0.2, -0.15) is 0 Å². The fourth-order valence-corrected chi connectivity index (χ4v) is 3.36. The first-order valence-corrected chi connectivity index (χ1v) is 8.93. The maximum absolute atomic E-state index is 12.9. The van der Waals surface area contributed by atoms with E-state index in [2.05, 4.69) is 20.9 Å². The maximum atomic E-state index is 12.9. The average molecular weight is 405 g/mol. The van der Waals surface area contributed by atoms with Crippen LogP contribution in [-0.4, -0.2) is 48.2 Å². The van der Waals surface area contributed by atoms with Crippen LogP contribution in [0.1, 0.15) is 21.5 Å². The summed E-state index contributed by atoms with van der Waals surface area (Å²) in [6.07, 6.45) is 2.96. The highest BCUT2D eigenvalue weighted by atomic mass is 79.9. The first kappa shape index (κ1) is 17.9. The van der Waals surface area contributed by atoms with E-state index in [-0.39, 0.29) is 18.1 Å². The van der Waals surface area contributed by atoms with Crippen LogP contribution in [0.2, 0.25) is 0 Å². The highest BCUT2D eigenvalue weighted by molar-refractivity contribution is 9.10. The van der Waals surface area contributed by atoms with Crippen LogP contribution in [0.25, 0.3) is 0 Å². The first-order chi connectivity index (χ1) is 12.0. The first-order valence-electron chi connectivity index (χ1n) is 8.14. The molecular formula is C19H21BrN2O3. The van der Waals surface area contributed by atoms with E-state index < -0.39 is 0 Å². The van der Waals surface area contributed by atoms with E-state index in [0.717, 1.165) is 21.2 Å². The number of nitrogens with zero attached hydrogens (tertiary/aromatic N) is 2. The molecule has 1 amide bonds. The number of pyridine rings is 1. The predicted molar refractivity (Wildman–Crippen MR) is 99.0 cm³/mol. The van der Waals surface area contributed by atoms with Gasteiger partial charge >= 0.3 is 0 Å². The van der Waals surface area contributed by atoms with Crippen molar-refractivity contribution in [1.29, 1.82) is 0 Å². The van der Waals surface area contributed by atoms with Gasteiger partial charge in [0.25, 0.3) is 5.91 Å². The maximum Gasteiger partial charge on any atom is 0.254 e. The van der Waals surface area contributed by atoms with E-state index in [1.807, 2.05) is 38.1 Å². The van der Waals surface area contributed by atoms with Gasteiger partial charge in [0.05, 0.1) is 19.3 Å². The number of rotatable bonds is 4. The number of methoxy groups -OCH3 is 1. The smallest absolute Gasteiger partial charge is 0.254 e. The second-order valence-electron chi connectivity index (χ2n) is 6.30. The number of hydrogen-bond acceptors (Lipinski definition) is 4. The summed E-state index contributed by atoms with van der Waals surface area (Å²) in [6, 6.07) is 7.79. The van der Waals surface area contributed by atoms with Crippen LogP contribution in [0.4, 0.5) is 0 Å². The Morgan fingerprint density at radius 3 is 2.68 bits per heavy atom. The number of carbonyl (C=O) groups is 1. The van der Waals surface area contributed by atoms with Gasteiger partial charge in [0.15, 0.2) is 0 Å². The molecule has 5 nitrogen and oxygen atoms in total. The van der Waals surface area contributed by atoms with E-state index in [1.54, 1.807) is 24.4 Å². The van der Waals surface area contributed by atoms with Crippen molar-refractivity contribution in [2.24, 2.45) is 0 Å². The topological polar surface area (TPSA) is 51.7 Å². The third kappa shape index (κ3) is 4.02. The molecule has 132 valence electrons. The van der Waals surface area contributed by atoms with Gasteiger partial charge in [0.1, 0.15) is 18.0 Å². The van der Waals surface area contributed by atoms with Crippen molar-refractivity contribution < 1.29 is 14.3 Å². The van der Waals surface area contributed by atoms with Crippen LogP contribution in [0.15, 0.2) is 41.1 Å². The summed E-state index contributed by atoms with van der Waals surface area (Å²) >= 11 is 3.39. The third-order valence-corrected chi connectivity index (χ3v) is 4.83. The Morgan fingerprint density at radius 1 is 1.20 bits per heavy atom. The predicted octanol–water partition coefficient (Wildman–Crippen LogP) is 3.38. The number of ether oxygens (including phenoxy) is 2. The lowest BCUT2D eigenvalue weighted by Crippen LogP contribution is -2.32. The summed E-state index contributed by atoms with van der Waals surface area (Å²) in [5.41, 5.74) is 2.79. The molecule has 0 aliphatic carbocycles. The molecule has 1 saturated heterocycles. The number of hydrogen-bond donors (Lipinski definition) is 0. The number of amides is 1. The van der Waals surface area contributed by atoms with Gasteiger partial charge < -0.3 is 14.4 Å². The van der Waals surface area contributed by atoms with Crippen LogP contribution in [0.5, 0.6) is 5.75 Å². The average Bonchev–Trinajstić information content (AvgIpc) is 2.99. The molecule has 0 saturated carbocycles. The zero-order chi connectivity index (χ0) is 18.0. The number of aromatic nitrogens is 1. The summed E-state index contributed by atoms with van der Waals surface area (Å²) in [4.78, 5) is 18.8. The highest BCUT2D eigenvalue weighted by Gasteiger charge is 2.37. The molecule has 0 spiro atoms. The molecule has 1 aliphatic heterocycles. The van der Waals surface area contributed by atoms with Crippen LogP contribution in [0.3, 0.4) is 0 Å². The zero-order valence-electron chi connectivity index (χ0n) is 14.5. The lowest BCUT2D eigenvalue weighted by molar-refractivity contribution is 0.0338. The van der Waals surface area contributed by atoms with E-state index in [9.17, 15) is 4.79 Å². The minimum Gasteiger partial charge on any atom is -0.484 e. The molecule has 0 radical (unpaired) electrons. The van der Waals surface area contributed by atoms with Gasteiger partial charge in [0.2, 0.25) is 0 Å². The highest BCUT2D eigenvalue weighted by Crippen LogP contribution is 2.24. The van der Waals surface area contributed by atoms with Crippen molar-refractivity contribution >= 4 is 21.8 Å². The minimum atomic E-state index is -0.227. The largest absolute Gasteiger partial charge is 0.484 e. The molecule has 3 rings (SSSR count). The second-order valence-corrected chi connectivity index (χ2v) is 7.21. The lowest BCUT2D eigenvalue weighted by Gasteiger charge is -2.18. The lowest BCUT2D eigenvalue weighted by atomic mass is 10.0. The molecule has 1 fully saturated rings. The summed E-state index contributed by atoms with van der Waals surface area (Å²) in [5.74, 6) is 0.671. The normalized spacial score (nSPS) is 19.9. The van der Waals surface area contributed by atoms with Crippen molar-refractivity contribution in [3.05, 3.63) is 57.8 Å². The Labute approximate surface area is 156 Å². The molecule has 25 heavy (non-hydrogen) atoms. The molecule has 2 heterocycles. The van der Waals surface area contributed by atoms with Crippen molar-refractivity contribution in [3.8, 4) is 5.75 Å². The van der Waals surface area contributed by atoms with Gasteiger partial charge in [-0.1, -0.05) is 17.7 Å². The molecule has 2 atom stereocenters. The van der Waals surface area contributed by atoms with E-state index in [0.29, 0.717) is 18.8 Å². The van der Waals surface area contributed by atoms with Crippen LogP contribution in [-0.2, 0) is 4.74 Å². The van der Waals surface area contributed by atoms with Crippen LogP contribution in [0, 0.1) is 13.8 Å². The second kappa shape index (κ2) is 7.54. The quantitative estimate of drug-likeness (QED) is 0.783. The van der Waals surface area contributed by atoms with Crippen molar-refractivity contribution in [2.75, 3.05) is 20.2 Å². The Bertz CT molecular complexity index is 781. The molecule has 1 aromatic carbocycles. The van der Waals surface area contributed by atoms with Gasteiger partial charge in [-0.05, 0) is 47.5 Å². The van der Waals surface area contributed by atoms with Crippen LogP contribution < -0.4 is 4.74 Å². The number of carbonyl (C=O) groups excluding carboxylic acids is 1. The standard InChI is InChI=1S/C19H21BrN2O3/c1-12-4-5-13(2)16(6-12)19(23)22-10-17(24-3)18(11-22)25-15-7-14(20)8-21-9-15/h4-9,17-18H,10-11H2,1-3H3/t17-,18-/m1/s1. The van der Waals surface area contributed by atoms with E-state index in [4.69, 9.17) is 9.47 Å². The van der Waals surface area contributed by atoms with Gasteiger partial charge in [0, 0.05) is 23.3 Å². The molecule has 2 aromatic rings. The summed E-state index contributed by atoms with van der Waals surface area (Å²) in [6.45, 7) is 4.94. The molecule has 1 aromatic heterocycles. The molecular weight excluding hydrogens is 384 g/mol. The van der Waals surface area contributed by atoms with Crippen molar-refractivity contribution in [1.82, 2.24) is 9.88 Å². The fraction of sp³-hybridized carbons (Fsp3) is 0.368. The van der Waals surface area contributed by atoms with E-state index >= 15 is 0 Å². The Morgan fingerprint density at radius 2 is 1.96 bits per heavy atom. The molecule has 6 heteroatoms. The summed E-state index contributed by atoms with van der Waals surface area (Å²) in [5, 5.41) is 0. The minimum absolute atomic E-state index is 0.0155. The van der Waals surface area contributed by atoms with Gasteiger partial charge in [-0.25, -0.2) is 0 Å².